The smallest absolute Gasteiger partial charge is 0.246 e. The maximum Gasteiger partial charge on any atom is 0.246 e. The highest BCUT2D eigenvalue weighted by atomic mass is 32.2. The van der Waals surface area contributed by atoms with Crippen molar-refractivity contribution in [1.29, 1.82) is 0 Å². The van der Waals surface area contributed by atoms with E-state index < -0.39 is 26.6 Å². The van der Waals surface area contributed by atoms with Crippen LogP contribution in [0.25, 0.3) is 11.3 Å². The molecule has 7 nitrogen and oxygen atoms in total. The predicted octanol–water partition coefficient (Wildman–Crippen LogP) is 2.94. The number of nitrogens with zero attached hydrogens (tertiary/aromatic N) is 4. The quantitative estimate of drug-likeness (QED) is 0.600. The SMILES string of the molecule is COc1cccc(-c2cc(N3CCN(S(=O)(=O)c4cc(F)ccc4F)CC3)ncn2)c1. The molecule has 0 unspecified atom stereocenters. The summed E-state index contributed by atoms with van der Waals surface area (Å²) in [5, 5.41) is 0. The average molecular weight is 446 g/mol. The zero-order valence-corrected chi connectivity index (χ0v) is 17.5. The Hall–Kier alpha value is -3.11. The number of benzene rings is 2. The first kappa shape index (κ1) is 21.1. The van der Waals surface area contributed by atoms with E-state index in [1.807, 2.05) is 35.2 Å². The molecule has 4 rings (SSSR count). The Morgan fingerprint density at radius 1 is 0.968 bits per heavy atom. The zero-order valence-electron chi connectivity index (χ0n) is 16.7. The molecule has 0 atom stereocenters. The van der Waals surface area contributed by atoms with Crippen LogP contribution in [0.1, 0.15) is 0 Å². The van der Waals surface area contributed by atoms with Gasteiger partial charge in [-0.1, -0.05) is 12.1 Å². The Morgan fingerprint density at radius 2 is 1.74 bits per heavy atom. The van der Waals surface area contributed by atoms with Crippen LogP contribution in [0.4, 0.5) is 14.6 Å². The van der Waals surface area contributed by atoms with Crippen LogP contribution in [0.5, 0.6) is 5.75 Å². The van der Waals surface area contributed by atoms with Crippen LogP contribution in [0.2, 0.25) is 0 Å². The molecule has 3 aromatic rings. The molecule has 31 heavy (non-hydrogen) atoms. The highest BCUT2D eigenvalue weighted by molar-refractivity contribution is 7.89. The minimum atomic E-state index is -4.13. The Balaban J connectivity index is 1.51. The third-order valence-electron chi connectivity index (χ3n) is 5.09. The summed E-state index contributed by atoms with van der Waals surface area (Å²) in [5.74, 6) is -0.407. The molecule has 10 heteroatoms. The number of aromatic nitrogens is 2. The number of sulfonamides is 1. The number of methoxy groups -OCH3 is 1. The van der Waals surface area contributed by atoms with Gasteiger partial charge in [-0.3, -0.25) is 0 Å². The van der Waals surface area contributed by atoms with E-state index in [0.717, 1.165) is 22.0 Å². The molecule has 2 aromatic carbocycles. The molecular formula is C21H20F2N4O3S. The Bertz CT molecular complexity index is 1200. The van der Waals surface area contributed by atoms with Crippen LogP contribution >= 0.6 is 0 Å². The lowest BCUT2D eigenvalue weighted by molar-refractivity contribution is 0.381. The van der Waals surface area contributed by atoms with Crippen molar-refractivity contribution in [2.24, 2.45) is 0 Å². The molecule has 1 aliphatic rings. The van der Waals surface area contributed by atoms with Crippen LogP contribution < -0.4 is 9.64 Å². The van der Waals surface area contributed by atoms with Crippen molar-refractivity contribution < 1.29 is 21.9 Å². The van der Waals surface area contributed by atoms with Gasteiger partial charge in [0, 0.05) is 37.8 Å². The van der Waals surface area contributed by atoms with Gasteiger partial charge in [-0.25, -0.2) is 27.2 Å². The summed E-state index contributed by atoms with van der Waals surface area (Å²) in [6, 6.07) is 11.7. The number of hydrogen-bond donors (Lipinski definition) is 0. The second-order valence-corrected chi connectivity index (χ2v) is 8.87. The standard InChI is InChI=1S/C21H20F2N4O3S/c1-30-17-4-2-3-15(11-17)19-13-21(25-14-24-19)26-7-9-27(10-8-26)31(28,29)20-12-16(22)5-6-18(20)23/h2-6,11-14H,7-10H2,1H3. The monoisotopic (exact) mass is 446 g/mol. The fourth-order valence-corrected chi connectivity index (χ4v) is 4.93. The van der Waals surface area contributed by atoms with E-state index in [2.05, 4.69) is 9.97 Å². The number of ether oxygens (including phenoxy) is 1. The molecule has 1 fully saturated rings. The molecule has 2 heterocycles. The molecule has 0 radical (unpaired) electrons. The minimum Gasteiger partial charge on any atom is -0.497 e. The van der Waals surface area contributed by atoms with Gasteiger partial charge in [0.05, 0.1) is 12.8 Å². The van der Waals surface area contributed by atoms with E-state index in [1.165, 1.54) is 6.33 Å². The first-order chi connectivity index (χ1) is 14.9. The summed E-state index contributed by atoms with van der Waals surface area (Å²) >= 11 is 0. The largest absolute Gasteiger partial charge is 0.497 e. The summed E-state index contributed by atoms with van der Waals surface area (Å²) < 4.78 is 59.4. The van der Waals surface area contributed by atoms with E-state index in [-0.39, 0.29) is 13.1 Å². The van der Waals surface area contributed by atoms with Gasteiger partial charge in [0.1, 0.15) is 34.4 Å². The van der Waals surface area contributed by atoms with E-state index in [9.17, 15) is 17.2 Å². The summed E-state index contributed by atoms with van der Waals surface area (Å²) in [6.07, 6.45) is 1.45. The third-order valence-corrected chi connectivity index (χ3v) is 7.01. The molecule has 0 spiro atoms. The lowest BCUT2D eigenvalue weighted by atomic mass is 10.1. The highest BCUT2D eigenvalue weighted by Crippen LogP contribution is 2.26. The molecule has 162 valence electrons. The predicted molar refractivity (Wildman–Crippen MR) is 111 cm³/mol. The Morgan fingerprint density at radius 3 is 2.48 bits per heavy atom. The summed E-state index contributed by atoms with van der Waals surface area (Å²) in [4.78, 5) is 9.90. The second-order valence-electron chi connectivity index (χ2n) is 6.96. The van der Waals surface area contributed by atoms with Crippen molar-refractivity contribution in [2.75, 3.05) is 38.2 Å². The van der Waals surface area contributed by atoms with Crippen molar-refractivity contribution in [3.05, 3.63) is 66.5 Å². The van der Waals surface area contributed by atoms with Gasteiger partial charge >= 0.3 is 0 Å². The molecule has 1 aromatic heterocycles. The molecular weight excluding hydrogens is 426 g/mol. The van der Waals surface area contributed by atoms with Crippen molar-refractivity contribution >= 4 is 15.8 Å². The van der Waals surface area contributed by atoms with Crippen LogP contribution in [-0.2, 0) is 10.0 Å². The third kappa shape index (κ3) is 4.35. The number of rotatable bonds is 5. The van der Waals surface area contributed by atoms with E-state index in [4.69, 9.17) is 4.74 Å². The molecule has 0 N–H and O–H groups in total. The van der Waals surface area contributed by atoms with Gasteiger partial charge in [0.25, 0.3) is 0 Å². The molecule has 0 aliphatic carbocycles. The Kier molecular flexibility index (Phi) is 5.84. The van der Waals surface area contributed by atoms with E-state index in [1.54, 1.807) is 7.11 Å². The number of halogens is 2. The van der Waals surface area contributed by atoms with E-state index >= 15 is 0 Å². The van der Waals surface area contributed by atoms with Gasteiger partial charge in [-0.15, -0.1) is 0 Å². The minimum absolute atomic E-state index is 0.122. The molecule has 0 bridgehead atoms. The summed E-state index contributed by atoms with van der Waals surface area (Å²) in [5.41, 5.74) is 1.58. The highest BCUT2D eigenvalue weighted by Gasteiger charge is 2.31. The fourth-order valence-electron chi connectivity index (χ4n) is 3.43. The Labute approximate surface area is 179 Å². The molecule has 1 saturated heterocycles. The molecule has 0 amide bonds. The second kappa shape index (κ2) is 8.56. The number of piperazine rings is 1. The van der Waals surface area contributed by atoms with Gasteiger partial charge in [0.2, 0.25) is 10.0 Å². The lowest BCUT2D eigenvalue weighted by Gasteiger charge is -2.34. The van der Waals surface area contributed by atoms with Crippen molar-refractivity contribution in [3.63, 3.8) is 0 Å². The zero-order chi connectivity index (χ0) is 22.0. The van der Waals surface area contributed by atoms with Crippen molar-refractivity contribution in [3.8, 4) is 17.0 Å². The summed E-state index contributed by atoms with van der Waals surface area (Å²) in [6.45, 7) is 0.947. The lowest BCUT2D eigenvalue weighted by Crippen LogP contribution is -2.49. The first-order valence-corrected chi connectivity index (χ1v) is 11.0. The van der Waals surface area contributed by atoms with Gasteiger partial charge < -0.3 is 9.64 Å². The van der Waals surface area contributed by atoms with Gasteiger partial charge in [-0.05, 0) is 30.3 Å². The number of anilines is 1. The fraction of sp³-hybridized carbons (Fsp3) is 0.238. The van der Waals surface area contributed by atoms with E-state index in [0.29, 0.717) is 36.4 Å². The maximum absolute atomic E-state index is 14.0. The van der Waals surface area contributed by atoms with Crippen LogP contribution in [0.15, 0.2) is 59.8 Å². The normalized spacial score (nSPS) is 15.1. The van der Waals surface area contributed by atoms with Gasteiger partial charge in [-0.2, -0.15) is 4.31 Å². The van der Waals surface area contributed by atoms with Crippen molar-refractivity contribution in [2.45, 2.75) is 4.90 Å². The van der Waals surface area contributed by atoms with Gasteiger partial charge in [0.15, 0.2) is 0 Å². The van der Waals surface area contributed by atoms with Crippen LogP contribution in [0.3, 0.4) is 0 Å². The van der Waals surface area contributed by atoms with Crippen LogP contribution in [0, 0.1) is 11.6 Å². The first-order valence-electron chi connectivity index (χ1n) is 9.55. The molecule has 1 aliphatic heterocycles. The molecule has 0 saturated carbocycles. The van der Waals surface area contributed by atoms with Crippen LogP contribution in [-0.4, -0.2) is 56.0 Å². The maximum atomic E-state index is 14.0. The average Bonchev–Trinajstić information content (AvgIpc) is 2.81. The summed E-state index contributed by atoms with van der Waals surface area (Å²) in [7, 11) is -2.54. The number of hydrogen-bond acceptors (Lipinski definition) is 6. The van der Waals surface area contributed by atoms with Crippen molar-refractivity contribution in [1.82, 2.24) is 14.3 Å². The topological polar surface area (TPSA) is 75.6 Å².